The minimum atomic E-state index is -0.0244. The average Bonchev–Trinajstić information content (AvgIpc) is 3.32. The van der Waals surface area contributed by atoms with Crippen molar-refractivity contribution in [1.82, 2.24) is 15.5 Å². The van der Waals surface area contributed by atoms with Crippen molar-refractivity contribution >= 4 is 40.6 Å². The third-order valence-electron chi connectivity index (χ3n) is 4.12. The van der Waals surface area contributed by atoms with E-state index in [0.29, 0.717) is 29.6 Å². The molecule has 4 rings (SSSR count). The number of halogens is 1. The molecular formula is C18H16ClN3O2S2. The molecule has 26 heavy (non-hydrogen) atoms. The molecule has 3 heterocycles. The van der Waals surface area contributed by atoms with Gasteiger partial charge >= 0.3 is 0 Å². The first kappa shape index (κ1) is 17.6. The maximum absolute atomic E-state index is 12.4. The van der Waals surface area contributed by atoms with Crippen LogP contribution in [-0.4, -0.2) is 21.8 Å². The third-order valence-corrected chi connectivity index (χ3v) is 6.35. The highest BCUT2D eigenvalue weighted by molar-refractivity contribution is 7.99. The van der Waals surface area contributed by atoms with Crippen LogP contribution in [0.3, 0.4) is 0 Å². The lowest BCUT2D eigenvalue weighted by molar-refractivity contribution is -0.121. The van der Waals surface area contributed by atoms with E-state index in [1.807, 2.05) is 35.7 Å². The minimum absolute atomic E-state index is 0.00168. The largest absolute Gasteiger partial charge is 0.349 e. The van der Waals surface area contributed by atoms with Crippen LogP contribution in [0.25, 0.3) is 10.7 Å². The Morgan fingerprint density at radius 2 is 2.31 bits per heavy atom. The van der Waals surface area contributed by atoms with Crippen LogP contribution in [-0.2, 0) is 11.2 Å². The lowest BCUT2D eigenvalue weighted by Gasteiger charge is -2.26. The van der Waals surface area contributed by atoms with Gasteiger partial charge in [0.15, 0.2) is 0 Å². The molecule has 1 unspecified atom stereocenters. The number of hydrogen-bond donors (Lipinski definition) is 1. The number of aromatic nitrogens is 2. The van der Waals surface area contributed by atoms with E-state index in [1.165, 1.54) is 4.90 Å². The number of hydrogen-bond acceptors (Lipinski definition) is 6. The second-order valence-electron chi connectivity index (χ2n) is 5.93. The Bertz CT molecular complexity index is 911. The summed E-state index contributed by atoms with van der Waals surface area (Å²) in [6.45, 7) is 0. The number of aryl methyl sites for hydroxylation is 1. The van der Waals surface area contributed by atoms with Crippen LogP contribution in [0, 0.1) is 0 Å². The van der Waals surface area contributed by atoms with Crippen molar-refractivity contribution in [3.63, 3.8) is 0 Å². The summed E-state index contributed by atoms with van der Waals surface area (Å²) < 4.78 is 5.25. The molecule has 1 aliphatic rings. The van der Waals surface area contributed by atoms with E-state index in [4.69, 9.17) is 16.1 Å². The molecule has 1 aliphatic heterocycles. The molecule has 1 amide bonds. The number of rotatable bonds is 5. The quantitative estimate of drug-likeness (QED) is 0.664. The molecule has 8 heteroatoms. The Morgan fingerprint density at radius 3 is 3.15 bits per heavy atom. The maximum Gasteiger partial charge on any atom is 0.227 e. The molecule has 1 atom stereocenters. The molecule has 0 saturated carbocycles. The Hall–Kier alpha value is -1.83. The van der Waals surface area contributed by atoms with Crippen LogP contribution in [0.4, 0.5) is 0 Å². The van der Waals surface area contributed by atoms with E-state index in [2.05, 4.69) is 15.5 Å². The molecule has 2 aromatic heterocycles. The van der Waals surface area contributed by atoms with Crippen LogP contribution in [0.5, 0.6) is 0 Å². The summed E-state index contributed by atoms with van der Waals surface area (Å²) in [5.74, 6) is 2.01. The predicted molar refractivity (Wildman–Crippen MR) is 104 cm³/mol. The van der Waals surface area contributed by atoms with Crippen molar-refractivity contribution in [2.75, 3.05) is 5.75 Å². The van der Waals surface area contributed by atoms with E-state index >= 15 is 0 Å². The highest BCUT2D eigenvalue weighted by Gasteiger charge is 2.23. The van der Waals surface area contributed by atoms with Crippen LogP contribution in [0.15, 0.2) is 45.1 Å². The monoisotopic (exact) mass is 405 g/mol. The predicted octanol–water partition coefficient (Wildman–Crippen LogP) is 4.74. The maximum atomic E-state index is 12.4. The summed E-state index contributed by atoms with van der Waals surface area (Å²) in [6.07, 6.45) is 1.63. The highest BCUT2D eigenvalue weighted by Crippen LogP contribution is 2.37. The zero-order valence-corrected chi connectivity index (χ0v) is 16.2. The van der Waals surface area contributed by atoms with Gasteiger partial charge in [0.25, 0.3) is 0 Å². The number of benzene rings is 1. The number of carbonyl (C=O) groups is 1. The molecule has 0 fully saturated rings. The van der Waals surface area contributed by atoms with Crippen LogP contribution in [0.1, 0.15) is 30.3 Å². The van der Waals surface area contributed by atoms with Crippen molar-refractivity contribution < 1.29 is 9.32 Å². The van der Waals surface area contributed by atoms with Crippen molar-refractivity contribution in [1.29, 1.82) is 0 Å². The Kier molecular flexibility index (Phi) is 5.28. The summed E-state index contributed by atoms with van der Waals surface area (Å²) >= 11 is 9.47. The summed E-state index contributed by atoms with van der Waals surface area (Å²) in [4.78, 5) is 18.9. The van der Waals surface area contributed by atoms with Crippen molar-refractivity contribution in [3.05, 3.63) is 52.2 Å². The molecule has 0 spiro atoms. The second-order valence-corrected chi connectivity index (χ2v) is 8.45. The second kappa shape index (κ2) is 7.82. The standard InChI is InChI=1S/C18H16ClN3O2S2/c19-11-3-4-14-12(10-11)13(7-9-26-14)20-16(23)5-6-17-21-18(22-24-17)15-2-1-8-25-15/h1-4,8,10,13H,5-7,9H2,(H,20,23). The molecule has 3 aromatic rings. The first-order valence-corrected chi connectivity index (χ1v) is 10.5. The number of nitrogens with zero attached hydrogens (tertiary/aromatic N) is 2. The number of carbonyl (C=O) groups excluding carboxylic acids is 1. The van der Waals surface area contributed by atoms with E-state index in [-0.39, 0.29) is 11.9 Å². The van der Waals surface area contributed by atoms with Gasteiger partial charge in [-0.3, -0.25) is 4.79 Å². The molecule has 0 aliphatic carbocycles. The fourth-order valence-electron chi connectivity index (χ4n) is 2.86. The van der Waals surface area contributed by atoms with E-state index < -0.39 is 0 Å². The van der Waals surface area contributed by atoms with Gasteiger partial charge in [0.2, 0.25) is 17.6 Å². The molecule has 0 radical (unpaired) electrons. The fourth-order valence-corrected chi connectivity index (χ4v) is 4.80. The highest BCUT2D eigenvalue weighted by atomic mass is 35.5. The normalized spacial score (nSPS) is 16.3. The van der Waals surface area contributed by atoms with Gasteiger partial charge in [-0.05, 0) is 41.6 Å². The van der Waals surface area contributed by atoms with Crippen molar-refractivity contribution in [2.45, 2.75) is 30.2 Å². The minimum Gasteiger partial charge on any atom is -0.349 e. The van der Waals surface area contributed by atoms with Gasteiger partial charge in [-0.15, -0.1) is 23.1 Å². The zero-order valence-electron chi connectivity index (χ0n) is 13.8. The summed E-state index contributed by atoms with van der Waals surface area (Å²) in [6, 6.07) is 9.73. The van der Waals surface area contributed by atoms with Crippen LogP contribution in [0.2, 0.25) is 5.02 Å². The lowest BCUT2D eigenvalue weighted by Crippen LogP contribution is -2.30. The van der Waals surface area contributed by atoms with Gasteiger partial charge in [-0.25, -0.2) is 0 Å². The number of amides is 1. The summed E-state index contributed by atoms with van der Waals surface area (Å²) in [7, 11) is 0. The topological polar surface area (TPSA) is 68.0 Å². The molecule has 1 aromatic carbocycles. The van der Waals surface area contributed by atoms with Crippen LogP contribution >= 0.6 is 34.7 Å². The molecule has 5 nitrogen and oxygen atoms in total. The molecule has 1 N–H and O–H groups in total. The van der Waals surface area contributed by atoms with Crippen molar-refractivity contribution in [3.8, 4) is 10.7 Å². The lowest BCUT2D eigenvalue weighted by atomic mass is 10.0. The van der Waals surface area contributed by atoms with Gasteiger partial charge in [0, 0.05) is 28.5 Å². The number of nitrogens with one attached hydrogen (secondary N) is 1. The smallest absolute Gasteiger partial charge is 0.227 e. The van der Waals surface area contributed by atoms with Gasteiger partial charge in [0.05, 0.1) is 10.9 Å². The molecular weight excluding hydrogens is 390 g/mol. The van der Waals surface area contributed by atoms with E-state index in [9.17, 15) is 4.79 Å². The number of thiophene rings is 1. The fraction of sp³-hybridized carbons (Fsp3) is 0.278. The zero-order chi connectivity index (χ0) is 17.9. The SMILES string of the molecule is O=C(CCc1nc(-c2cccs2)no1)NC1CCSc2ccc(Cl)cc21. The molecule has 0 bridgehead atoms. The van der Waals surface area contributed by atoms with Gasteiger partial charge in [-0.2, -0.15) is 4.98 Å². The number of fused-ring (bicyclic) bond motifs is 1. The van der Waals surface area contributed by atoms with Gasteiger partial charge in [0.1, 0.15) is 0 Å². The van der Waals surface area contributed by atoms with Gasteiger partial charge in [-0.1, -0.05) is 22.8 Å². The first-order chi connectivity index (χ1) is 12.7. The Labute approximate surface area is 164 Å². The van der Waals surface area contributed by atoms with Crippen LogP contribution < -0.4 is 5.32 Å². The first-order valence-electron chi connectivity index (χ1n) is 8.27. The third kappa shape index (κ3) is 3.95. The molecule has 0 saturated heterocycles. The van der Waals surface area contributed by atoms with Gasteiger partial charge < -0.3 is 9.84 Å². The van der Waals surface area contributed by atoms with E-state index in [1.54, 1.807) is 23.1 Å². The van der Waals surface area contributed by atoms with E-state index in [0.717, 1.165) is 22.6 Å². The summed E-state index contributed by atoms with van der Waals surface area (Å²) in [5, 5.41) is 9.73. The summed E-state index contributed by atoms with van der Waals surface area (Å²) in [5.41, 5.74) is 1.10. The average molecular weight is 406 g/mol. The Morgan fingerprint density at radius 1 is 1.38 bits per heavy atom. The van der Waals surface area contributed by atoms with Crippen molar-refractivity contribution in [2.24, 2.45) is 0 Å². The number of thioether (sulfide) groups is 1. The Balaban J connectivity index is 1.36. The molecule has 134 valence electrons.